The van der Waals surface area contributed by atoms with Crippen molar-refractivity contribution in [2.45, 2.75) is 85.2 Å². The number of rotatable bonds is 10. The van der Waals surface area contributed by atoms with Crippen molar-refractivity contribution in [2.75, 3.05) is 13.1 Å². The van der Waals surface area contributed by atoms with Gasteiger partial charge in [-0.2, -0.15) is 0 Å². The average Bonchev–Trinajstić information content (AvgIpc) is 2.47. The molecule has 0 aliphatic carbocycles. The van der Waals surface area contributed by atoms with E-state index in [9.17, 15) is 9.59 Å². The number of nitrogens with one attached hydrogen (secondary N) is 1. The van der Waals surface area contributed by atoms with Gasteiger partial charge in [-0.05, 0) is 70.9 Å². The molecular formula is C19H35NO4. The zero-order valence-corrected chi connectivity index (χ0v) is 15.8. The molecule has 1 saturated heterocycles. The van der Waals surface area contributed by atoms with Crippen molar-refractivity contribution < 1.29 is 19.4 Å². The van der Waals surface area contributed by atoms with Crippen molar-refractivity contribution in [3.05, 3.63) is 0 Å². The van der Waals surface area contributed by atoms with Crippen molar-refractivity contribution in [3.8, 4) is 0 Å². The number of hydrogen-bond donors (Lipinski definition) is 2. The van der Waals surface area contributed by atoms with Gasteiger partial charge in [0.05, 0.1) is 5.41 Å². The maximum Gasteiger partial charge on any atom is 0.311 e. The second-order valence-corrected chi connectivity index (χ2v) is 8.50. The lowest BCUT2D eigenvalue weighted by atomic mass is 9.79. The summed E-state index contributed by atoms with van der Waals surface area (Å²) in [6.07, 6.45) is 6.46. The van der Waals surface area contributed by atoms with Gasteiger partial charge in [0, 0.05) is 6.42 Å². The van der Waals surface area contributed by atoms with E-state index in [1.165, 1.54) is 0 Å². The van der Waals surface area contributed by atoms with E-state index in [-0.39, 0.29) is 23.9 Å². The fourth-order valence-corrected chi connectivity index (χ4v) is 3.18. The number of esters is 1. The van der Waals surface area contributed by atoms with Gasteiger partial charge in [0.25, 0.3) is 0 Å². The number of piperidine rings is 1. The summed E-state index contributed by atoms with van der Waals surface area (Å²) in [5.74, 6) is -0.814. The molecule has 1 heterocycles. The van der Waals surface area contributed by atoms with Gasteiger partial charge in [-0.3, -0.25) is 9.59 Å². The van der Waals surface area contributed by atoms with Crippen LogP contribution in [0.15, 0.2) is 0 Å². The third-order valence-corrected chi connectivity index (χ3v) is 5.01. The Kier molecular flexibility index (Phi) is 8.20. The van der Waals surface area contributed by atoms with E-state index in [1.807, 2.05) is 13.8 Å². The van der Waals surface area contributed by atoms with Gasteiger partial charge in [-0.25, -0.2) is 0 Å². The molecular weight excluding hydrogens is 306 g/mol. The van der Waals surface area contributed by atoms with E-state index in [2.05, 4.69) is 19.2 Å². The molecule has 0 radical (unpaired) electrons. The van der Waals surface area contributed by atoms with Gasteiger partial charge in [-0.1, -0.05) is 20.3 Å². The van der Waals surface area contributed by atoms with Gasteiger partial charge in [-0.15, -0.1) is 0 Å². The zero-order chi connectivity index (χ0) is 18.2. The number of carbonyl (C=O) groups is 2. The van der Waals surface area contributed by atoms with Gasteiger partial charge < -0.3 is 15.2 Å². The molecule has 0 bridgehead atoms. The molecule has 0 saturated carbocycles. The molecule has 1 rings (SSSR count). The Morgan fingerprint density at radius 2 is 1.62 bits per heavy atom. The van der Waals surface area contributed by atoms with Crippen LogP contribution in [0.5, 0.6) is 0 Å². The zero-order valence-electron chi connectivity index (χ0n) is 15.8. The quantitative estimate of drug-likeness (QED) is 0.592. The van der Waals surface area contributed by atoms with Crippen LogP contribution in [0.4, 0.5) is 0 Å². The number of carboxylic acid groups (broad SMARTS) is 1. The van der Waals surface area contributed by atoms with E-state index < -0.39 is 11.4 Å². The minimum absolute atomic E-state index is 0.0606. The predicted molar refractivity (Wildman–Crippen MR) is 94.9 cm³/mol. The maximum absolute atomic E-state index is 12.4. The Morgan fingerprint density at radius 3 is 2.21 bits per heavy atom. The molecule has 0 unspecified atom stereocenters. The summed E-state index contributed by atoms with van der Waals surface area (Å²) in [6, 6.07) is 0. The summed E-state index contributed by atoms with van der Waals surface area (Å²) in [4.78, 5) is 23.0. The normalized spacial score (nSPS) is 16.8. The minimum atomic E-state index is -0.729. The molecule has 0 amide bonds. The molecule has 0 aromatic rings. The smallest absolute Gasteiger partial charge is 0.311 e. The average molecular weight is 341 g/mol. The van der Waals surface area contributed by atoms with E-state index in [0.717, 1.165) is 51.6 Å². The summed E-state index contributed by atoms with van der Waals surface area (Å²) in [5.41, 5.74) is -0.341. The van der Waals surface area contributed by atoms with Crippen LogP contribution in [0, 0.1) is 10.8 Å². The van der Waals surface area contributed by atoms with Crippen LogP contribution >= 0.6 is 0 Å². The lowest BCUT2D eigenvalue weighted by Gasteiger charge is -2.30. The molecule has 140 valence electrons. The summed E-state index contributed by atoms with van der Waals surface area (Å²) >= 11 is 0. The van der Waals surface area contributed by atoms with Crippen LogP contribution in [0.1, 0.15) is 79.1 Å². The lowest BCUT2D eigenvalue weighted by Crippen LogP contribution is -2.37. The minimum Gasteiger partial charge on any atom is -0.481 e. The molecule has 5 heteroatoms. The second-order valence-electron chi connectivity index (χ2n) is 8.50. The monoisotopic (exact) mass is 341 g/mol. The highest BCUT2D eigenvalue weighted by atomic mass is 16.5. The first-order valence-electron chi connectivity index (χ1n) is 9.26. The highest BCUT2D eigenvalue weighted by Gasteiger charge is 2.32. The molecule has 0 aromatic heterocycles. The molecule has 24 heavy (non-hydrogen) atoms. The Balaban J connectivity index is 2.32. The number of aliphatic carboxylic acids is 1. The topological polar surface area (TPSA) is 75.6 Å². The fourth-order valence-electron chi connectivity index (χ4n) is 3.18. The molecule has 1 aliphatic heterocycles. The van der Waals surface area contributed by atoms with Crippen molar-refractivity contribution in [1.29, 1.82) is 0 Å². The predicted octanol–water partition coefficient (Wildman–Crippen LogP) is 3.76. The lowest BCUT2D eigenvalue weighted by molar-refractivity contribution is -0.161. The van der Waals surface area contributed by atoms with Crippen molar-refractivity contribution in [3.63, 3.8) is 0 Å². The Morgan fingerprint density at radius 1 is 1.04 bits per heavy atom. The first-order chi connectivity index (χ1) is 11.1. The third kappa shape index (κ3) is 8.13. The van der Waals surface area contributed by atoms with Crippen molar-refractivity contribution >= 4 is 11.9 Å². The summed E-state index contributed by atoms with van der Waals surface area (Å²) in [6.45, 7) is 10.1. The molecule has 1 aliphatic rings. The van der Waals surface area contributed by atoms with Crippen LogP contribution in [0.2, 0.25) is 0 Å². The van der Waals surface area contributed by atoms with E-state index in [1.54, 1.807) is 0 Å². The largest absolute Gasteiger partial charge is 0.481 e. The van der Waals surface area contributed by atoms with Crippen LogP contribution < -0.4 is 5.32 Å². The number of ether oxygens (including phenoxy) is 1. The molecule has 5 nitrogen and oxygen atoms in total. The standard InChI is InChI=1S/C19H35NO4/c1-18(2,10-5-7-16(21)22)11-6-12-19(3,4)17(23)24-15-8-13-20-14-9-15/h15,20H,5-14H2,1-4H3,(H,21,22). The molecule has 1 fully saturated rings. The first kappa shape index (κ1) is 20.9. The highest BCUT2D eigenvalue weighted by Crippen LogP contribution is 2.33. The van der Waals surface area contributed by atoms with Crippen LogP contribution in [0.25, 0.3) is 0 Å². The number of carboxylic acids is 1. The van der Waals surface area contributed by atoms with E-state index in [0.29, 0.717) is 6.42 Å². The SMILES string of the molecule is CC(C)(CCCC(=O)O)CCCC(C)(C)C(=O)OC1CCNCC1. The van der Waals surface area contributed by atoms with Gasteiger partial charge in [0.1, 0.15) is 6.10 Å². The van der Waals surface area contributed by atoms with Gasteiger partial charge in [0.2, 0.25) is 0 Å². The van der Waals surface area contributed by atoms with Crippen molar-refractivity contribution in [1.82, 2.24) is 5.32 Å². The molecule has 2 N–H and O–H groups in total. The second kappa shape index (κ2) is 9.40. The highest BCUT2D eigenvalue weighted by molar-refractivity contribution is 5.76. The van der Waals surface area contributed by atoms with Gasteiger partial charge in [0.15, 0.2) is 0 Å². The van der Waals surface area contributed by atoms with E-state index >= 15 is 0 Å². The van der Waals surface area contributed by atoms with E-state index in [4.69, 9.17) is 9.84 Å². The van der Waals surface area contributed by atoms with Gasteiger partial charge >= 0.3 is 11.9 Å². The summed E-state index contributed by atoms with van der Waals surface area (Å²) in [5, 5.41) is 12.0. The van der Waals surface area contributed by atoms with Crippen LogP contribution in [-0.2, 0) is 14.3 Å². The third-order valence-electron chi connectivity index (χ3n) is 5.01. The maximum atomic E-state index is 12.4. The fraction of sp³-hybridized carbons (Fsp3) is 0.895. The Hall–Kier alpha value is -1.10. The summed E-state index contributed by atoms with van der Waals surface area (Å²) < 4.78 is 5.69. The first-order valence-corrected chi connectivity index (χ1v) is 9.26. The van der Waals surface area contributed by atoms with Crippen molar-refractivity contribution in [2.24, 2.45) is 10.8 Å². The number of carbonyl (C=O) groups excluding carboxylic acids is 1. The Labute approximate surface area is 146 Å². The molecule has 0 atom stereocenters. The van der Waals surface area contributed by atoms with Crippen LogP contribution in [-0.4, -0.2) is 36.2 Å². The summed E-state index contributed by atoms with van der Waals surface area (Å²) in [7, 11) is 0. The van der Waals surface area contributed by atoms with Crippen LogP contribution in [0.3, 0.4) is 0 Å². The Bertz CT molecular complexity index is 412. The molecule has 0 spiro atoms. The number of hydrogen-bond acceptors (Lipinski definition) is 4. The molecule has 0 aromatic carbocycles.